The molecule has 0 bridgehead atoms. The Morgan fingerprint density at radius 1 is 0.667 bits per heavy atom. The topological polar surface area (TPSA) is 81.7 Å². The fourth-order valence-corrected chi connectivity index (χ4v) is 5.40. The van der Waals surface area contributed by atoms with Crippen molar-refractivity contribution in [3.8, 4) is 28.4 Å². The van der Waals surface area contributed by atoms with Gasteiger partial charge in [0, 0.05) is 12.0 Å². The van der Waals surface area contributed by atoms with E-state index in [-0.39, 0.29) is 5.41 Å². The second-order valence-electron chi connectivity index (χ2n) is 12.9. The minimum absolute atomic E-state index is 0.219. The van der Waals surface area contributed by atoms with Crippen molar-refractivity contribution >= 4 is 5.97 Å². The SMILES string of the molecule is CC(OCCOCCOc1ccc(-c2ccc(OC(=O)c3ccc(OCCCCCCOCC4(C)COC4)cc3)cc2)cc1)=C1CCC1. The van der Waals surface area contributed by atoms with Crippen LogP contribution in [0, 0.1) is 5.41 Å². The van der Waals surface area contributed by atoms with E-state index in [1.807, 2.05) is 55.5 Å². The fraction of sp³-hybridized carbons (Fsp3) is 0.475. The highest BCUT2D eigenvalue weighted by Crippen LogP contribution is 2.29. The zero-order chi connectivity index (χ0) is 33.4. The average Bonchev–Trinajstić information content (AvgIpc) is 3.06. The molecule has 0 amide bonds. The molecule has 0 aromatic heterocycles. The van der Waals surface area contributed by atoms with Gasteiger partial charge in [0.2, 0.25) is 0 Å². The Morgan fingerprint density at radius 3 is 1.85 bits per heavy atom. The van der Waals surface area contributed by atoms with Crippen LogP contribution in [0.3, 0.4) is 0 Å². The van der Waals surface area contributed by atoms with Gasteiger partial charge in [0.15, 0.2) is 0 Å². The van der Waals surface area contributed by atoms with E-state index in [1.54, 1.807) is 24.3 Å². The van der Waals surface area contributed by atoms with E-state index in [0.29, 0.717) is 44.3 Å². The third-order valence-electron chi connectivity index (χ3n) is 8.64. The molecule has 3 aromatic rings. The summed E-state index contributed by atoms with van der Waals surface area (Å²) in [4.78, 5) is 12.7. The number of unbranched alkanes of at least 4 members (excludes halogenated alkanes) is 3. The predicted molar refractivity (Wildman–Crippen MR) is 186 cm³/mol. The van der Waals surface area contributed by atoms with E-state index in [4.69, 9.17) is 33.2 Å². The van der Waals surface area contributed by atoms with Crippen molar-refractivity contribution in [3.05, 3.63) is 89.7 Å². The van der Waals surface area contributed by atoms with Gasteiger partial charge < -0.3 is 33.2 Å². The maximum absolute atomic E-state index is 12.7. The third-order valence-corrected chi connectivity index (χ3v) is 8.64. The van der Waals surface area contributed by atoms with E-state index in [2.05, 4.69) is 6.92 Å². The zero-order valence-corrected chi connectivity index (χ0v) is 28.5. The highest BCUT2D eigenvalue weighted by Gasteiger charge is 2.33. The fourth-order valence-electron chi connectivity index (χ4n) is 5.40. The van der Waals surface area contributed by atoms with Gasteiger partial charge in [-0.15, -0.1) is 0 Å². The number of allylic oxidation sites excluding steroid dienone is 2. The van der Waals surface area contributed by atoms with Crippen LogP contribution in [0.15, 0.2) is 84.1 Å². The first kappa shape index (κ1) is 35.5. The Hall–Kier alpha value is -3.85. The van der Waals surface area contributed by atoms with Gasteiger partial charge in [0.25, 0.3) is 0 Å². The van der Waals surface area contributed by atoms with Gasteiger partial charge in [-0.3, -0.25) is 0 Å². The van der Waals surface area contributed by atoms with Crippen LogP contribution in [0.25, 0.3) is 11.1 Å². The van der Waals surface area contributed by atoms with Crippen molar-refractivity contribution in [2.24, 2.45) is 5.41 Å². The minimum Gasteiger partial charge on any atom is -0.496 e. The summed E-state index contributed by atoms with van der Waals surface area (Å²) in [6.07, 6.45) is 7.87. The lowest BCUT2D eigenvalue weighted by Crippen LogP contribution is -2.43. The highest BCUT2D eigenvalue weighted by molar-refractivity contribution is 5.91. The second-order valence-corrected chi connectivity index (χ2v) is 12.9. The van der Waals surface area contributed by atoms with E-state index in [1.165, 1.54) is 24.8 Å². The minimum atomic E-state index is -0.408. The Morgan fingerprint density at radius 2 is 1.25 bits per heavy atom. The number of hydrogen-bond acceptors (Lipinski definition) is 8. The highest BCUT2D eigenvalue weighted by atomic mass is 16.5. The van der Waals surface area contributed by atoms with Crippen LogP contribution in [0.1, 0.15) is 69.2 Å². The molecule has 1 saturated heterocycles. The molecular weight excluding hydrogens is 608 g/mol. The first-order valence-corrected chi connectivity index (χ1v) is 17.3. The molecule has 1 saturated carbocycles. The molecule has 48 heavy (non-hydrogen) atoms. The number of carbonyl (C=O) groups is 1. The lowest BCUT2D eigenvalue weighted by atomic mass is 9.90. The van der Waals surface area contributed by atoms with Gasteiger partial charge in [-0.1, -0.05) is 37.6 Å². The molecule has 8 heteroatoms. The lowest BCUT2D eigenvalue weighted by Gasteiger charge is -2.37. The van der Waals surface area contributed by atoms with E-state index < -0.39 is 5.97 Å². The monoisotopic (exact) mass is 658 g/mol. The van der Waals surface area contributed by atoms with Gasteiger partial charge in [-0.2, -0.15) is 0 Å². The molecule has 1 aliphatic carbocycles. The van der Waals surface area contributed by atoms with E-state index >= 15 is 0 Å². The Balaban J connectivity index is 0.929. The van der Waals surface area contributed by atoms with Crippen LogP contribution in [0.5, 0.6) is 17.2 Å². The first-order valence-electron chi connectivity index (χ1n) is 17.3. The molecule has 258 valence electrons. The summed E-state index contributed by atoms with van der Waals surface area (Å²) in [7, 11) is 0. The molecule has 0 atom stereocenters. The largest absolute Gasteiger partial charge is 0.496 e. The zero-order valence-electron chi connectivity index (χ0n) is 28.5. The maximum Gasteiger partial charge on any atom is 0.343 e. The summed E-state index contributed by atoms with van der Waals surface area (Å²) in [5.41, 5.74) is 4.18. The summed E-state index contributed by atoms with van der Waals surface area (Å²) < 4.78 is 39.7. The molecular formula is C40H50O8. The smallest absolute Gasteiger partial charge is 0.343 e. The molecule has 3 aromatic carbocycles. The Labute approximate surface area is 285 Å². The van der Waals surface area contributed by atoms with Crippen molar-refractivity contribution in [3.63, 3.8) is 0 Å². The Kier molecular flexibility index (Phi) is 13.8. The summed E-state index contributed by atoms with van der Waals surface area (Å²) in [5, 5.41) is 0. The van der Waals surface area contributed by atoms with Crippen molar-refractivity contribution < 1.29 is 38.0 Å². The van der Waals surface area contributed by atoms with E-state index in [9.17, 15) is 4.79 Å². The van der Waals surface area contributed by atoms with Crippen LogP contribution < -0.4 is 14.2 Å². The second kappa shape index (κ2) is 18.6. The predicted octanol–water partition coefficient (Wildman–Crippen LogP) is 8.44. The molecule has 2 aliphatic rings. The van der Waals surface area contributed by atoms with Gasteiger partial charge >= 0.3 is 5.97 Å². The van der Waals surface area contributed by atoms with Crippen LogP contribution in [-0.2, 0) is 18.9 Å². The maximum atomic E-state index is 12.7. The normalized spacial score (nSPS) is 14.8. The molecule has 8 nitrogen and oxygen atoms in total. The third kappa shape index (κ3) is 11.4. The standard InChI is InChI=1S/C40H50O8/c1-31(32-8-7-9-32)45-26-24-42-25-27-47-37-16-10-33(11-17-37)34-12-20-38(21-13-34)48-39(41)35-14-18-36(19-15-35)46-23-6-4-3-5-22-43-28-40(2)29-44-30-40/h10-21H,3-9,22-30H2,1-2H3. The summed E-state index contributed by atoms with van der Waals surface area (Å²) in [6, 6.07) is 22.5. The van der Waals surface area contributed by atoms with Crippen molar-refractivity contribution in [2.45, 2.75) is 58.8 Å². The summed E-state index contributed by atoms with van der Waals surface area (Å²) in [5.74, 6) is 2.67. The molecule has 1 heterocycles. The van der Waals surface area contributed by atoms with E-state index in [0.717, 1.165) is 80.5 Å². The van der Waals surface area contributed by atoms with Crippen LogP contribution in [-0.4, -0.2) is 65.4 Å². The molecule has 2 fully saturated rings. The van der Waals surface area contributed by atoms with Gasteiger partial charge in [-0.05, 0) is 111 Å². The van der Waals surface area contributed by atoms with Gasteiger partial charge in [0.05, 0.1) is 51.0 Å². The number of carbonyl (C=O) groups excluding carboxylic acids is 1. The molecule has 1 aliphatic heterocycles. The quantitative estimate of drug-likeness (QED) is 0.0488. The Bertz CT molecular complexity index is 1420. The van der Waals surface area contributed by atoms with Gasteiger partial charge in [-0.25, -0.2) is 4.79 Å². The van der Waals surface area contributed by atoms with Crippen molar-refractivity contribution in [2.75, 3.05) is 59.5 Å². The van der Waals surface area contributed by atoms with Crippen LogP contribution in [0.2, 0.25) is 0 Å². The van der Waals surface area contributed by atoms with Gasteiger partial charge in [0.1, 0.15) is 30.5 Å². The number of benzene rings is 3. The average molecular weight is 659 g/mol. The number of ether oxygens (including phenoxy) is 7. The first-order chi connectivity index (χ1) is 23.5. The summed E-state index contributed by atoms with van der Waals surface area (Å²) in [6.45, 7) is 10.2. The lowest BCUT2D eigenvalue weighted by molar-refractivity contribution is -0.137. The number of esters is 1. The van der Waals surface area contributed by atoms with Crippen LogP contribution >= 0.6 is 0 Å². The van der Waals surface area contributed by atoms with Crippen molar-refractivity contribution in [1.82, 2.24) is 0 Å². The molecule has 0 spiro atoms. The molecule has 0 N–H and O–H groups in total. The van der Waals surface area contributed by atoms with Crippen molar-refractivity contribution in [1.29, 1.82) is 0 Å². The number of hydrogen-bond donors (Lipinski definition) is 0. The summed E-state index contributed by atoms with van der Waals surface area (Å²) >= 11 is 0. The molecule has 0 radical (unpaired) electrons. The molecule has 0 unspecified atom stereocenters. The molecule has 5 rings (SSSR count). The van der Waals surface area contributed by atoms with Crippen LogP contribution in [0.4, 0.5) is 0 Å². The number of rotatable bonds is 21.